The van der Waals surface area contributed by atoms with Crippen molar-refractivity contribution in [1.29, 1.82) is 0 Å². The van der Waals surface area contributed by atoms with Gasteiger partial charge in [0.1, 0.15) is 18.2 Å². The number of methoxy groups -OCH3 is 1. The fourth-order valence-corrected chi connectivity index (χ4v) is 5.09. The molecule has 1 saturated heterocycles. The van der Waals surface area contributed by atoms with Crippen LogP contribution in [0.2, 0.25) is 0 Å². The molecule has 0 N–H and O–H groups in total. The summed E-state index contributed by atoms with van der Waals surface area (Å²) >= 11 is 0. The Labute approximate surface area is 237 Å². The Kier molecular flexibility index (Phi) is 7.48. The lowest BCUT2D eigenvalue weighted by Crippen LogP contribution is -2.31. The summed E-state index contributed by atoms with van der Waals surface area (Å²) in [5.74, 6) is 0.435. The van der Waals surface area contributed by atoms with E-state index in [9.17, 15) is 4.79 Å². The predicted molar refractivity (Wildman–Crippen MR) is 153 cm³/mol. The highest BCUT2D eigenvalue weighted by Gasteiger charge is 2.23. The highest BCUT2D eigenvalue weighted by Crippen LogP contribution is 2.29. The molecule has 1 atom stereocenters. The van der Waals surface area contributed by atoms with Crippen molar-refractivity contribution in [2.75, 3.05) is 13.7 Å². The first kappa shape index (κ1) is 26.7. The smallest absolute Gasteiger partial charge is 0.337 e. The van der Waals surface area contributed by atoms with Gasteiger partial charge in [-0.05, 0) is 60.4 Å². The number of hydrogen-bond donors (Lipinski definition) is 0. The van der Waals surface area contributed by atoms with Gasteiger partial charge in [-0.15, -0.1) is 0 Å². The van der Waals surface area contributed by atoms with Crippen LogP contribution in [-0.2, 0) is 29.0 Å². The quantitative estimate of drug-likeness (QED) is 0.201. The van der Waals surface area contributed by atoms with Gasteiger partial charge in [-0.25, -0.2) is 19.2 Å². The molecule has 0 amide bonds. The Hall–Kier alpha value is -4.56. The van der Waals surface area contributed by atoms with Crippen molar-refractivity contribution < 1.29 is 23.4 Å². The second-order valence-electron chi connectivity index (χ2n) is 10.2. The molecule has 1 fully saturated rings. The predicted octanol–water partition coefficient (Wildman–Crippen LogP) is 6.29. The molecule has 1 aliphatic rings. The summed E-state index contributed by atoms with van der Waals surface area (Å²) in [6.07, 6.45) is 1.29. The molecule has 6 rings (SSSR count). The third-order valence-corrected chi connectivity index (χ3v) is 7.40. The highest BCUT2D eigenvalue weighted by molar-refractivity contribution is 5.93. The van der Waals surface area contributed by atoms with Crippen molar-refractivity contribution in [2.45, 2.75) is 39.0 Å². The molecular weight excluding hydrogens is 521 g/mol. The first-order valence-electron chi connectivity index (χ1n) is 13.6. The number of rotatable bonds is 9. The van der Waals surface area contributed by atoms with Crippen LogP contribution in [0.3, 0.4) is 0 Å². The van der Waals surface area contributed by atoms with Crippen molar-refractivity contribution in [3.05, 3.63) is 113 Å². The summed E-state index contributed by atoms with van der Waals surface area (Å²) in [6.45, 7) is 3.65. The monoisotopic (exact) mass is 551 g/mol. The van der Waals surface area contributed by atoms with E-state index in [1.807, 2.05) is 60.0 Å². The zero-order valence-corrected chi connectivity index (χ0v) is 23.0. The number of esters is 1. The van der Waals surface area contributed by atoms with Gasteiger partial charge in [0.25, 0.3) is 0 Å². The summed E-state index contributed by atoms with van der Waals surface area (Å²) in [5, 5.41) is 0. The van der Waals surface area contributed by atoms with Crippen LogP contribution in [0, 0.1) is 12.7 Å². The molecule has 0 bridgehead atoms. The zero-order chi connectivity index (χ0) is 28.3. The third kappa shape index (κ3) is 5.69. The fourth-order valence-electron chi connectivity index (χ4n) is 5.09. The lowest BCUT2D eigenvalue weighted by molar-refractivity contribution is -0.0589. The fraction of sp³-hybridized carbons (Fsp3) is 0.242. The number of carbonyl (C=O) groups excluding carboxylic acids is 1. The largest absolute Gasteiger partial charge is 0.473 e. The van der Waals surface area contributed by atoms with E-state index in [1.54, 1.807) is 24.3 Å². The van der Waals surface area contributed by atoms with Gasteiger partial charge in [0.05, 0.1) is 42.0 Å². The number of pyridine rings is 1. The standard InChI is InChI=1S/C33H30FN3O4/c1-21-15-24(27(34)18-26(21)28-9-6-10-32(36-28)41-20-22-7-4-3-5-8-22)17-31-35-29-12-11-23(33(38)39-2)16-30(29)37(31)19-25-13-14-40-25/h3-12,15-16,18,25H,13-14,17,19-20H2,1-2H3. The molecule has 5 aromatic rings. The first-order chi connectivity index (χ1) is 20.0. The summed E-state index contributed by atoms with van der Waals surface area (Å²) in [4.78, 5) is 21.6. The summed E-state index contributed by atoms with van der Waals surface area (Å²) in [6, 6.07) is 24.1. The van der Waals surface area contributed by atoms with Crippen LogP contribution >= 0.6 is 0 Å². The van der Waals surface area contributed by atoms with Gasteiger partial charge in [0, 0.05) is 24.7 Å². The maximum atomic E-state index is 15.6. The number of ether oxygens (including phenoxy) is 3. The van der Waals surface area contributed by atoms with Crippen molar-refractivity contribution in [3.8, 4) is 17.1 Å². The van der Waals surface area contributed by atoms with E-state index in [-0.39, 0.29) is 18.3 Å². The number of hydrogen-bond acceptors (Lipinski definition) is 6. The van der Waals surface area contributed by atoms with Crippen LogP contribution in [0.25, 0.3) is 22.3 Å². The molecule has 1 aliphatic heterocycles. The Balaban J connectivity index is 1.28. The Morgan fingerprint density at radius 2 is 1.88 bits per heavy atom. The Bertz CT molecular complexity index is 1710. The molecule has 3 heterocycles. The normalized spacial score (nSPS) is 14.6. The number of fused-ring (bicyclic) bond motifs is 1. The second-order valence-corrected chi connectivity index (χ2v) is 10.2. The topological polar surface area (TPSA) is 75.5 Å². The van der Waals surface area contributed by atoms with E-state index in [1.165, 1.54) is 13.2 Å². The average Bonchev–Trinajstić information content (AvgIpc) is 3.31. The van der Waals surface area contributed by atoms with Crippen LogP contribution in [0.5, 0.6) is 5.88 Å². The van der Waals surface area contributed by atoms with Crippen molar-refractivity contribution in [1.82, 2.24) is 14.5 Å². The average molecular weight is 552 g/mol. The van der Waals surface area contributed by atoms with Crippen LogP contribution in [0.4, 0.5) is 4.39 Å². The minimum Gasteiger partial charge on any atom is -0.473 e. The minimum absolute atomic E-state index is 0.0596. The lowest BCUT2D eigenvalue weighted by Gasteiger charge is -2.27. The molecule has 0 aliphatic carbocycles. The summed E-state index contributed by atoms with van der Waals surface area (Å²) in [7, 11) is 1.36. The molecule has 1 unspecified atom stereocenters. The molecule has 2 aromatic heterocycles. The van der Waals surface area contributed by atoms with E-state index in [0.29, 0.717) is 47.2 Å². The molecule has 0 radical (unpaired) electrons. The van der Waals surface area contributed by atoms with E-state index in [2.05, 4.69) is 4.98 Å². The van der Waals surface area contributed by atoms with Crippen LogP contribution in [-0.4, -0.2) is 40.3 Å². The third-order valence-electron chi connectivity index (χ3n) is 7.40. The van der Waals surface area contributed by atoms with Gasteiger partial charge in [0.15, 0.2) is 0 Å². The van der Waals surface area contributed by atoms with E-state index in [0.717, 1.165) is 35.2 Å². The van der Waals surface area contributed by atoms with Gasteiger partial charge in [0.2, 0.25) is 5.88 Å². The number of aryl methyl sites for hydroxylation is 1. The van der Waals surface area contributed by atoms with Gasteiger partial charge < -0.3 is 18.8 Å². The van der Waals surface area contributed by atoms with E-state index < -0.39 is 5.97 Å². The van der Waals surface area contributed by atoms with Crippen LogP contribution in [0.15, 0.2) is 78.9 Å². The SMILES string of the molecule is COC(=O)c1ccc2nc(Cc3cc(C)c(-c4cccc(OCc5ccccc5)n4)cc3F)n(CC3CCO3)c2c1. The molecule has 0 spiro atoms. The van der Waals surface area contributed by atoms with Crippen LogP contribution < -0.4 is 4.74 Å². The number of carbonyl (C=O) groups is 1. The number of imidazole rings is 1. The number of nitrogens with zero attached hydrogens (tertiary/aromatic N) is 3. The molecule has 8 heteroatoms. The zero-order valence-electron chi connectivity index (χ0n) is 23.0. The minimum atomic E-state index is -0.415. The highest BCUT2D eigenvalue weighted by atomic mass is 19.1. The van der Waals surface area contributed by atoms with Crippen LogP contribution in [0.1, 0.15) is 39.3 Å². The number of aromatic nitrogens is 3. The van der Waals surface area contributed by atoms with Crippen molar-refractivity contribution >= 4 is 17.0 Å². The van der Waals surface area contributed by atoms with Gasteiger partial charge in [-0.1, -0.05) is 42.5 Å². The molecular formula is C33H30FN3O4. The Morgan fingerprint density at radius 3 is 2.63 bits per heavy atom. The van der Waals surface area contributed by atoms with Gasteiger partial charge in [-0.2, -0.15) is 0 Å². The molecule has 7 nitrogen and oxygen atoms in total. The lowest BCUT2D eigenvalue weighted by atomic mass is 9.99. The van der Waals surface area contributed by atoms with Crippen molar-refractivity contribution in [3.63, 3.8) is 0 Å². The van der Waals surface area contributed by atoms with E-state index in [4.69, 9.17) is 19.2 Å². The number of benzene rings is 3. The van der Waals surface area contributed by atoms with E-state index >= 15 is 4.39 Å². The summed E-state index contributed by atoms with van der Waals surface area (Å²) in [5.41, 5.74) is 5.78. The maximum absolute atomic E-state index is 15.6. The second kappa shape index (κ2) is 11.5. The van der Waals surface area contributed by atoms with Gasteiger partial charge in [-0.3, -0.25) is 0 Å². The molecule has 41 heavy (non-hydrogen) atoms. The molecule has 0 saturated carbocycles. The Morgan fingerprint density at radius 1 is 1.05 bits per heavy atom. The number of halogens is 1. The molecule has 3 aromatic carbocycles. The summed E-state index contributed by atoms with van der Waals surface area (Å²) < 4.78 is 34.1. The maximum Gasteiger partial charge on any atom is 0.337 e. The van der Waals surface area contributed by atoms with Crippen molar-refractivity contribution in [2.24, 2.45) is 0 Å². The molecule has 208 valence electrons. The van der Waals surface area contributed by atoms with Gasteiger partial charge >= 0.3 is 5.97 Å². The first-order valence-corrected chi connectivity index (χ1v) is 13.6.